The number of ether oxygens (including phenoxy) is 4. The van der Waals surface area contributed by atoms with Crippen LogP contribution in [0.25, 0.3) is 0 Å². The quantitative estimate of drug-likeness (QED) is 0.182. The van der Waals surface area contributed by atoms with Gasteiger partial charge in [-0.05, 0) is 138 Å². The molecule has 0 aromatic heterocycles. The predicted molar refractivity (Wildman–Crippen MR) is 202 cm³/mol. The van der Waals surface area contributed by atoms with Gasteiger partial charge < -0.3 is 18.9 Å². The van der Waals surface area contributed by atoms with Crippen LogP contribution in [0.5, 0.6) is 0 Å². The molecule has 292 valence electrons. The Bertz CT molecular complexity index is 1690. The van der Waals surface area contributed by atoms with Crippen LogP contribution >= 0.6 is 15.9 Å². The Hall–Kier alpha value is -3.48. The van der Waals surface area contributed by atoms with Crippen molar-refractivity contribution in [3.8, 4) is 0 Å². The lowest BCUT2D eigenvalue weighted by atomic mass is 9.80. The van der Waals surface area contributed by atoms with Crippen LogP contribution in [0, 0.1) is 10.8 Å². The fourth-order valence-corrected chi connectivity index (χ4v) is 8.99. The number of carbonyl (C=O) groups is 4. The summed E-state index contributed by atoms with van der Waals surface area (Å²) in [4.78, 5) is 55.5. The first-order valence-electron chi connectivity index (χ1n) is 18.8. The minimum absolute atomic E-state index is 0.157. The normalized spacial score (nSPS) is 26.5. The molecule has 13 heteroatoms. The zero-order chi connectivity index (χ0) is 39.3. The van der Waals surface area contributed by atoms with E-state index in [1.54, 1.807) is 46.6 Å². The zero-order valence-electron chi connectivity index (χ0n) is 33.3. The molecule has 4 fully saturated rings. The van der Waals surface area contributed by atoms with Crippen LogP contribution in [0.4, 0.5) is 19.2 Å². The smallest absolute Gasteiger partial charge is 0.429 e. The number of benzene rings is 1. The van der Waals surface area contributed by atoms with Crippen LogP contribution in [-0.4, -0.2) is 79.9 Å². The lowest BCUT2D eigenvalue weighted by Gasteiger charge is -2.43. The fourth-order valence-electron chi connectivity index (χ4n) is 8.61. The monoisotopic (exact) mass is 800 g/mol. The van der Waals surface area contributed by atoms with Crippen LogP contribution < -0.4 is 5.43 Å². The first-order valence-corrected chi connectivity index (χ1v) is 19.6. The number of hydrazine groups is 2. The lowest BCUT2D eigenvalue weighted by molar-refractivity contribution is -0.0789. The van der Waals surface area contributed by atoms with Gasteiger partial charge in [0.05, 0.1) is 18.1 Å². The highest BCUT2D eigenvalue weighted by atomic mass is 79.9. The van der Waals surface area contributed by atoms with E-state index in [2.05, 4.69) is 45.6 Å². The molecule has 1 aliphatic heterocycles. The molecule has 3 saturated carbocycles. The molecule has 0 radical (unpaired) electrons. The van der Waals surface area contributed by atoms with Gasteiger partial charge in [-0.3, -0.25) is 0 Å². The van der Waals surface area contributed by atoms with Crippen molar-refractivity contribution >= 4 is 40.3 Å². The van der Waals surface area contributed by atoms with Crippen LogP contribution in [0.15, 0.2) is 34.8 Å². The highest BCUT2D eigenvalue weighted by Crippen LogP contribution is 2.70. The Morgan fingerprint density at radius 1 is 0.755 bits per heavy atom. The zero-order valence-corrected chi connectivity index (χ0v) is 34.9. The number of nitrogens with zero attached hydrogens (tertiary/aromatic N) is 3. The molecule has 2 bridgehead atoms. The van der Waals surface area contributed by atoms with Gasteiger partial charge in [0.25, 0.3) is 0 Å². The Morgan fingerprint density at radius 2 is 1.30 bits per heavy atom. The summed E-state index contributed by atoms with van der Waals surface area (Å²) >= 11 is 3.72. The van der Waals surface area contributed by atoms with E-state index in [4.69, 9.17) is 18.9 Å². The summed E-state index contributed by atoms with van der Waals surface area (Å²) in [7, 11) is 0. The first kappa shape index (κ1) is 39.2. The van der Waals surface area contributed by atoms with E-state index in [1.165, 1.54) is 10.0 Å². The van der Waals surface area contributed by atoms with Crippen molar-refractivity contribution < 1.29 is 38.1 Å². The van der Waals surface area contributed by atoms with Gasteiger partial charge in [-0.2, -0.15) is 0 Å². The number of carbonyl (C=O) groups excluding carboxylic acids is 4. The van der Waals surface area contributed by atoms with Gasteiger partial charge in [0.1, 0.15) is 22.4 Å². The molecule has 5 atom stereocenters. The second-order valence-corrected chi connectivity index (χ2v) is 20.4. The van der Waals surface area contributed by atoms with E-state index in [0.29, 0.717) is 6.42 Å². The summed E-state index contributed by atoms with van der Waals surface area (Å²) < 4.78 is 24.2. The Balaban J connectivity index is 1.42. The van der Waals surface area contributed by atoms with Gasteiger partial charge in [0.2, 0.25) is 0 Å². The second kappa shape index (κ2) is 12.8. The number of halogens is 1. The SMILES string of the molecule is CC(C)(C)OC(=O)NN(C(=O)OC(C)(C)C)[C@H]1[C@H](c2cc(Br)ccc2[C@@H]2C[C@H]3N(C(=O)OC(C)(C)C)N(C(=O)OC(C)(C)C)[C@@H]2C32CC2)C=CC12CC2. The second-order valence-electron chi connectivity index (χ2n) is 19.5. The number of hydrogen-bond donors (Lipinski definition) is 1. The van der Waals surface area contributed by atoms with Gasteiger partial charge in [0.15, 0.2) is 0 Å². The number of nitrogens with one attached hydrogen (secondary N) is 1. The van der Waals surface area contributed by atoms with Crippen LogP contribution in [0.2, 0.25) is 0 Å². The minimum atomic E-state index is -0.822. The number of rotatable bonds is 3. The molecule has 4 aliphatic carbocycles. The average molecular weight is 802 g/mol. The van der Waals surface area contributed by atoms with E-state index in [1.807, 2.05) is 47.6 Å². The van der Waals surface area contributed by atoms with Crippen molar-refractivity contribution in [1.82, 2.24) is 20.5 Å². The topological polar surface area (TPSA) is 127 Å². The molecule has 1 aromatic carbocycles. The molecule has 53 heavy (non-hydrogen) atoms. The fraction of sp³-hybridized carbons (Fsp3) is 0.700. The van der Waals surface area contributed by atoms with Gasteiger partial charge in [-0.1, -0.05) is 34.1 Å². The van der Waals surface area contributed by atoms with Gasteiger partial charge in [-0.15, -0.1) is 0 Å². The number of amides is 4. The summed E-state index contributed by atoms with van der Waals surface area (Å²) in [6.45, 7) is 21.6. The van der Waals surface area contributed by atoms with E-state index in [0.717, 1.165) is 41.3 Å². The Labute approximate surface area is 322 Å². The van der Waals surface area contributed by atoms with Crippen molar-refractivity contribution in [2.24, 2.45) is 10.8 Å². The summed E-state index contributed by atoms with van der Waals surface area (Å²) in [5.41, 5.74) is 0.924. The summed E-state index contributed by atoms with van der Waals surface area (Å²) in [5.74, 6) is -0.505. The van der Waals surface area contributed by atoms with Crippen LogP contribution in [0.3, 0.4) is 0 Å². The lowest BCUT2D eigenvalue weighted by Crippen LogP contribution is -2.58. The maximum Gasteiger partial charge on any atom is 0.429 e. The van der Waals surface area contributed by atoms with Crippen molar-refractivity contribution in [2.45, 2.75) is 168 Å². The van der Waals surface area contributed by atoms with E-state index in [-0.39, 0.29) is 34.7 Å². The van der Waals surface area contributed by atoms with Crippen molar-refractivity contribution in [3.63, 3.8) is 0 Å². The molecule has 1 heterocycles. The third kappa shape index (κ3) is 7.87. The molecule has 5 aliphatic rings. The standard InChI is InChI=1S/C40H57BrN4O8/c1-35(2,3)50-31(46)42-43(32(47)51-36(4,5)6)29-25(15-16-39(29)17-18-39)26-21-23(41)13-14-24(26)27-22-28-40(19-20-40)30(27)45(34(49)53-38(10,11)12)44(28)33(48)52-37(7,8)9/h13-16,21,25,27-30H,17-20,22H2,1-12H3,(H,42,46)/t25-,27-,28+,29-,30-/m0/s1. The highest BCUT2D eigenvalue weighted by Gasteiger charge is 2.75. The summed E-state index contributed by atoms with van der Waals surface area (Å²) in [6, 6.07) is 5.01. The highest BCUT2D eigenvalue weighted by molar-refractivity contribution is 9.10. The van der Waals surface area contributed by atoms with E-state index in [9.17, 15) is 19.2 Å². The summed E-state index contributed by atoms with van der Waals surface area (Å²) in [6.07, 6.45) is 5.74. The number of hydrogen-bond acceptors (Lipinski definition) is 8. The average Bonchev–Trinajstić information content (AvgIpc) is 3.84. The van der Waals surface area contributed by atoms with Crippen LogP contribution in [0.1, 0.15) is 138 Å². The molecule has 0 unspecified atom stereocenters. The van der Waals surface area contributed by atoms with Crippen molar-refractivity contribution in [2.75, 3.05) is 0 Å². The Morgan fingerprint density at radius 3 is 1.81 bits per heavy atom. The first-order chi connectivity index (χ1) is 24.2. The minimum Gasteiger partial charge on any atom is -0.443 e. The molecule has 6 rings (SSSR count). The van der Waals surface area contributed by atoms with Gasteiger partial charge in [-0.25, -0.2) is 39.6 Å². The summed E-state index contributed by atoms with van der Waals surface area (Å²) in [5, 5.41) is 4.40. The third-order valence-electron chi connectivity index (χ3n) is 10.6. The van der Waals surface area contributed by atoms with Gasteiger partial charge >= 0.3 is 24.4 Å². The van der Waals surface area contributed by atoms with E-state index >= 15 is 0 Å². The maximum atomic E-state index is 14.2. The van der Waals surface area contributed by atoms with E-state index < -0.39 is 52.8 Å². The molecule has 1 saturated heterocycles. The largest absolute Gasteiger partial charge is 0.443 e. The van der Waals surface area contributed by atoms with Crippen molar-refractivity contribution in [3.05, 3.63) is 46.0 Å². The van der Waals surface area contributed by atoms with Gasteiger partial charge in [0, 0.05) is 27.1 Å². The third-order valence-corrected chi connectivity index (χ3v) is 11.1. The molecule has 2 spiro atoms. The molecular weight excluding hydrogens is 744 g/mol. The van der Waals surface area contributed by atoms with Crippen LogP contribution in [-0.2, 0) is 18.9 Å². The predicted octanol–water partition coefficient (Wildman–Crippen LogP) is 9.34. The molecular formula is C40H57BrN4O8. The molecule has 1 N–H and O–H groups in total. The molecule has 12 nitrogen and oxygen atoms in total. The van der Waals surface area contributed by atoms with Crippen molar-refractivity contribution in [1.29, 1.82) is 0 Å². The maximum absolute atomic E-state index is 14.2. The molecule has 4 amide bonds. The Kier molecular flexibility index (Phi) is 9.47. The molecule has 1 aromatic rings.